The number of alkyl halides is 3. The van der Waals surface area contributed by atoms with Crippen molar-refractivity contribution in [3.05, 3.63) is 46.6 Å². The number of aromatic nitrogens is 2. The van der Waals surface area contributed by atoms with Crippen LogP contribution in [-0.2, 0) is 6.18 Å². The Morgan fingerprint density at radius 1 is 1.11 bits per heavy atom. The molecule has 0 unspecified atom stereocenters. The first-order chi connectivity index (χ1) is 8.86. The van der Waals surface area contributed by atoms with E-state index in [1.165, 1.54) is 12.3 Å². The molecular formula is C11H6BrF4N3. The molecule has 0 fully saturated rings. The predicted octanol–water partition coefficient (Wildman–Crippen LogP) is 4.14. The topological polar surface area (TPSA) is 37.8 Å². The lowest BCUT2D eigenvalue weighted by atomic mass is 10.3. The number of halogens is 5. The second-order valence-corrected chi connectivity index (χ2v) is 4.45. The summed E-state index contributed by atoms with van der Waals surface area (Å²) < 4.78 is 50.8. The SMILES string of the molecule is Fc1cc(Br)cnc1Nc1ccc(C(F)(F)F)nc1. The van der Waals surface area contributed by atoms with Crippen LogP contribution in [0.4, 0.5) is 29.1 Å². The van der Waals surface area contributed by atoms with Crippen molar-refractivity contribution in [1.82, 2.24) is 9.97 Å². The summed E-state index contributed by atoms with van der Waals surface area (Å²) in [6, 6.07) is 3.14. The van der Waals surface area contributed by atoms with Gasteiger partial charge in [0.1, 0.15) is 5.69 Å². The minimum absolute atomic E-state index is 0.0928. The molecule has 8 heteroatoms. The van der Waals surface area contributed by atoms with Gasteiger partial charge in [0.25, 0.3) is 0 Å². The summed E-state index contributed by atoms with van der Waals surface area (Å²) in [5, 5.41) is 2.54. The van der Waals surface area contributed by atoms with Crippen LogP contribution < -0.4 is 5.32 Å². The van der Waals surface area contributed by atoms with Crippen LogP contribution in [0.5, 0.6) is 0 Å². The van der Waals surface area contributed by atoms with E-state index in [0.29, 0.717) is 4.47 Å². The first kappa shape index (κ1) is 13.7. The van der Waals surface area contributed by atoms with E-state index in [1.54, 1.807) is 0 Å². The fourth-order valence-electron chi connectivity index (χ4n) is 1.28. The van der Waals surface area contributed by atoms with E-state index in [1.807, 2.05) is 0 Å². The maximum Gasteiger partial charge on any atom is 0.433 e. The normalized spacial score (nSPS) is 11.4. The largest absolute Gasteiger partial charge is 0.433 e. The maximum absolute atomic E-state index is 13.4. The molecule has 19 heavy (non-hydrogen) atoms. The van der Waals surface area contributed by atoms with Crippen LogP contribution in [0.3, 0.4) is 0 Å². The van der Waals surface area contributed by atoms with Crippen LogP contribution in [0.2, 0.25) is 0 Å². The van der Waals surface area contributed by atoms with Gasteiger partial charge in [0.15, 0.2) is 11.6 Å². The molecule has 100 valence electrons. The van der Waals surface area contributed by atoms with Crippen LogP contribution in [0.25, 0.3) is 0 Å². The summed E-state index contributed by atoms with van der Waals surface area (Å²) in [6.45, 7) is 0. The van der Waals surface area contributed by atoms with Gasteiger partial charge in [-0.05, 0) is 34.1 Å². The average molecular weight is 336 g/mol. The number of hydrogen-bond donors (Lipinski definition) is 1. The van der Waals surface area contributed by atoms with Gasteiger partial charge in [-0.25, -0.2) is 14.4 Å². The smallest absolute Gasteiger partial charge is 0.337 e. The van der Waals surface area contributed by atoms with E-state index in [9.17, 15) is 17.6 Å². The van der Waals surface area contributed by atoms with Gasteiger partial charge in [0.05, 0.1) is 11.9 Å². The molecule has 0 bridgehead atoms. The fraction of sp³-hybridized carbons (Fsp3) is 0.0909. The Balaban J connectivity index is 2.20. The van der Waals surface area contributed by atoms with Gasteiger partial charge in [-0.2, -0.15) is 13.2 Å². The first-order valence-electron chi connectivity index (χ1n) is 4.97. The van der Waals surface area contributed by atoms with Gasteiger partial charge in [-0.1, -0.05) is 0 Å². The Kier molecular flexibility index (Phi) is 3.70. The Labute approximate surface area is 113 Å². The van der Waals surface area contributed by atoms with Crippen molar-refractivity contribution in [3.8, 4) is 0 Å². The summed E-state index contributed by atoms with van der Waals surface area (Å²) in [5.74, 6) is -0.723. The molecule has 0 amide bonds. The molecule has 0 aliphatic heterocycles. The van der Waals surface area contributed by atoms with Gasteiger partial charge in [0, 0.05) is 10.7 Å². The quantitative estimate of drug-likeness (QED) is 0.838. The first-order valence-corrected chi connectivity index (χ1v) is 5.77. The monoisotopic (exact) mass is 335 g/mol. The van der Waals surface area contributed by atoms with E-state index in [2.05, 4.69) is 31.2 Å². The van der Waals surface area contributed by atoms with Crippen LogP contribution in [0, 0.1) is 5.82 Å². The molecule has 0 saturated carbocycles. The molecule has 3 nitrogen and oxygen atoms in total. The van der Waals surface area contributed by atoms with E-state index in [0.717, 1.165) is 18.3 Å². The highest BCUT2D eigenvalue weighted by molar-refractivity contribution is 9.10. The molecule has 0 aliphatic carbocycles. The fourth-order valence-corrected chi connectivity index (χ4v) is 1.58. The van der Waals surface area contributed by atoms with Gasteiger partial charge in [-0.3, -0.25) is 0 Å². The van der Waals surface area contributed by atoms with E-state index >= 15 is 0 Å². The molecular weight excluding hydrogens is 330 g/mol. The van der Waals surface area contributed by atoms with Gasteiger partial charge in [0.2, 0.25) is 0 Å². The Hall–Kier alpha value is -1.70. The highest BCUT2D eigenvalue weighted by Crippen LogP contribution is 2.28. The van der Waals surface area contributed by atoms with E-state index < -0.39 is 17.7 Å². The molecule has 2 aromatic heterocycles. The third-order valence-corrected chi connectivity index (χ3v) is 2.56. The third-order valence-electron chi connectivity index (χ3n) is 2.12. The van der Waals surface area contributed by atoms with Crippen LogP contribution >= 0.6 is 15.9 Å². The third kappa shape index (κ3) is 3.40. The molecule has 2 heterocycles. The molecule has 2 rings (SSSR count). The molecule has 0 aliphatic rings. The number of nitrogens with one attached hydrogen (secondary N) is 1. The number of hydrogen-bond acceptors (Lipinski definition) is 3. The second-order valence-electron chi connectivity index (χ2n) is 3.54. The molecule has 1 N–H and O–H groups in total. The summed E-state index contributed by atoms with van der Waals surface area (Å²) >= 11 is 3.05. The molecule has 0 spiro atoms. The highest BCUT2D eigenvalue weighted by Gasteiger charge is 2.32. The summed E-state index contributed by atoms with van der Waals surface area (Å²) in [5.41, 5.74) is -0.802. The summed E-state index contributed by atoms with van der Waals surface area (Å²) in [4.78, 5) is 7.01. The molecule has 0 saturated heterocycles. The maximum atomic E-state index is 13.4. The number of anilines is 2. The standard InChI is InChI=1S/C11H6BrF4N3/c12-6-3-8(13)10(18-4-6)19-7-1-2-9(17-5-7)11(14,15)16/h1-5H,(H,18,19). The summed E-state index contributed by atoms with van der Waals surface area (Å²) in [6.07, 6.45) is -2.17. The number of rotatable bonds is 2. The van der Waals surface area contributed by atoms with Crippen molar-refractivity contribution in [2.24, 2.45) is 0 Å². The van der Waals surface area contributed by atoms with E-state index in [-0.39, 0.29) is 11.5 Å². The van der Waals surface area contributed by atoms with Crippen molar-refractivity contribution < 1.29 is 17.6 Å². The molecule has 0 atom stereocenters. The van der Waals surface area contributed by atoms with Gasteiger partial charge >= 0.3 is 6.18 Å². The van der Waals surface area contributed by atoms with Crippen LogP contribution in [0.15, 0.2) is 35.1 Å². The number of pyridine rings is 2. The molecule has 0 radical (unpaired) electrons. The lowest BCUT2D eigenvalue weighted by Crippen LogP contribution is -2.07. The Morgan fingerprint density at radius 2 is 1.84 bits per heavy atom. The average Bonchev–Trinajstić information content (AvgIpc) is 2.32. The minimum Gasteiger partial charge on any atom is -0.337 e. The Morgan fingerprint density at radius 3 is 2.37 bits per heavy atom. The zero-order valence-corrected chi connectivity index (χ0v) is 10.8. The van der Waals surface area contributed by atoms with Crippen molar-refractivity contribution >= 4 is 27.4 Å². The number of nitrogens with zero attached hydrogens (tertiary/aromatic N) is 2. The zero-order valence-electron chi connectivity index (χ0n) is 9.17. The van der Waals surface area contributed by atoms with Gasteiger partial charge < -0.3 is 5.32 Å². The van der Waals surface area contributed by atoms with E-state index in [4.69, 9.17) is 0 Å². The predicted molar refractivity (Wildman–Crippen MR) is 64.4 cm³/mol. The van der Waals surface area contributed by atoms with Crippen LogP contribution in [-0.4, -0.2) is 9.97 Å². The highest BCUT2D eigenvalue weighted by atomic mass is 79.9. The van der Waals surface area contributed by atoms with Gasteiger partial charge in [-0.15, -0.1) is 0 Å². The lowest BCUT2D eigenvalue weighted by molar-refractivity contribution is -0.141. The zero-order chi connectivity index (χ0) is 14.0. The minimum atomic E-state index is -4.50. The van der Waals surface area contributed by atoms with Crippen molar-refractivity contribution in [2.45, 2.75) is 6.18 Å². The van der Waals surface area contributed by atoms with Crippen LogP contribution in [0.1, 0.15) is 5.69 Å². The second kappa shape index (κ2) is 5.12. The summed E-state index contributed by atoms with van der Waals surface area (Å²) in [7, 11) is 0. The Bertz CT molecular complexity index is 583. The van der Waals surface area contributed by atoms with Crippen molar-refractivity contribution in [3.63, 3.8) is 0 Å². The lowest BCUT2D eigenvalue weighted by Gasteiger charge is -2.08. The van der Waals surface area contributed by atoms with Crippen molar-refractivity contribution in [1.29, 1.82) is 0 Å². The molecule has 2 aromatic rings. The molecule has 0 aromatic carbocycles. The van der Waals surface area contributed by atoms with Crippen molar-refractivity contribution in [2.75, 3.05) is 5.32 Å².